The quantitative estimate of drug-likeness (QED) is 0.551. The van der Waals surface area contributed by atoms with Gasteiger partial charge in [0.25, 0.3) is 5.91 Å². The number of ether oxygens (including phenoxy) is 2. The molecule has 1 aliphatic heterocycles. The Morgan fingerprint density at radius 1 is 1.21 bits per heavy atom. The van der Waals surface area contributed by atoms with Crippen LogP contribution in [0.3, 0.4) is 0 Å². The largest absolute Gasteiger partial charge is 0.482 e. The summed E-state index contributed by atoms with van der Waals surface area (Å²) in [6.07, 6.45) is -5.44. The average Bonchev–Trinajstić information content (AvgIpc) is 3.10. The molecular formula is C19H14ClF4N5O4. The second kappa shape index (κ2) is 8.73. The minimum Gasteiger partial charge on any atom is -0.482 e. The normalized spacial score (nSPS) is 14.2. The van der Waals surface area contributed by atoms with Crippen molar-refractivity contribution in [1.82, 2.24) is 19.5 Å². The fourth-order valence-corrected chi connectivity index (χ4v) is 3.06. The summed E-state index contributed by atoms with van der Waals surface area (Å²) in [6, 6.07) is 6.13. The van der Waals surface area contributed by atoms with Crippen LogP contribution in [0.15, 0.2) is 36.5 Å². The number of carbonyl (C=O) groups is 2. The Labute approximate surface area is 187 Å². The van der Waals surface area contributed by atoms with E-state index in [-0.39, 0.29) is 30.4 Å². The third kappa shape index (κ3) is 5.42. The second-order valence-electron chi connectivity index (χ2n) is 6.98. The number of pyridine rings is 1. The number of aromatic nitrogens is 3. The summed E-state index contributed by atoms with van der Waals surface area (Å²) in [4.78, 5) is 29.7. The zero-order valence-electron chi connectivity index (χ0n) is 16.5. The van der Waals surface area contributed by atoms with Crippen LogP contribution in [0, 0.1) is 0 Å². The number of anilines is 1. The van der Waals surface area contributed by atoms with E-state index in [0.29, 0.717) is 10.7 Å². The van der Waals surface area contributed by atoms with Crippen molar-refractivity contribution in [3.63, 3.8) is 0 Å². The van der Waals surface area contributed by atoms with E-state index in [1.807, 2.05) is 0 Å². The van der Waals surface area contributed by atoms with Crippen molar-refractivity contribution < 1.29 is 36.6 Å². The first-order valence-corrected chi connectivity index (χ1v) is 9.73. The maximum Gasteiger partial charge on any atom is 0.422 e. The molecule has 33 heavy (non-hydrogen) atoms. The van der Waals surface area contributed by atoms with Gasteiger partial charge >= 0.3 is 18.3 Å². The van der Waals surface area contributed by atoms with Crippen LogP contribution in [0.1, 0.15) is 10.4 Å². The van der Waals surface area contributed by atoms with Crippen molar-refractivity contribution in [2.45, 2.75) is 12.3 Å². The smallest absolute Gasteiger partial charge is 0.422 e. The Balaban J connectivity index is 1.51. The molecule has 1 fully saturated rings. The number of likely N-dealkylation sites (tertiary alicyclic amines) is 1. The van der Waals surface area contributed by atoms with Crippen LogP contribution in [0.5, 0.6) is 11.8 Å². The third-order valence-corrected chi connectivity index (χ3v) is 4.68. The Morgan fingerprint density at radius 3 is 2.67 bits per heavy atom. The van der Waals surface area contributed by atoms with Crippen molar-refractivity contribution >= 4 is 34.9 Å². The fraction of sp³-hybridized carbons (Fsp3) is 0.263. The number of nitrogens with zero attached hydrogens (tertiary/aromatic N) is 4. The lowest BCUT2D eigenvalue weighted by atomic mass is 10.1. The molecule has 174 valence electrons. The summed E-state index contributed by atoms with van der Waals surface area (Å²) in [7, 11) is 0. The van der Waals surface area contributed by atoms with Crippen LogP contribution in [-0.2, 0) is 0 Å². The Morgan fingerprint density at radius 2 is 1.97 bits per heavy atom. The number of halogens is 5. The molecule has 1 aliphatic rings. The van der Waals surface area contributed by atoms with Crippen molar-refractivity contribution in [3.05, 3.63) is 47.1 Å². The van der Waals surface area contributed by atoms with Crippen LogP contribution in [-0.4, -0.2) is 63.5 Å². The fourth-order valence-electron chi connectivity index (χ4n) is 2.91. The molecule has 0 radical (unpaired) electrons. The maximum absolute atomic E-state index is 13.0. The van der Waals surface area contributed by atoms with Gasteiger partial charge in [0.2, 0.25) is 0 Å². The first-order valence-electron chi connectivity index (χ1n) is 9.35. The lowest BCUT2D eigenvalue weighted by Gasteiger charge is -2.34. The van der Waals surface area contributed by atoms with Gasteiger partial charge in [-0.3, -0.25) is 10.1 Å². The molecule has 3 aromatic rings. The van der Waals surface area contributed by atoms with E-state index in [9.17, 15) is 27.2 Å². The molecule has 0 unspecified atom stereocenters. The van der Waals surface area contributed by atoms with Gasteiger partial charge in [-0.1, -0.05) is 11.6 Å². The van der Waals surface area contributed by atoms with Gasteiger partial charge in [0.15, 0.2) is 12.3 Å². The highest BCUT2D eigenvalue weighted by molar-refractivity contribution is 6.30. The zero-order chi connectivity index (χ0) is 23.8. The molecule has 0 bridgehead atoms. The number of benzene rings is 1. The topological polar surface area (TPSA) is 98.1 Å². The van der Waals surface area contributed by atoms with Crippen molar-refractivity contribution in [2.24, 2.45) is 0 Å². The molecule has 2 amide bonds. The molecule has 9 nitrogen and oxygen atoms in total. The predicted molar refractivity (Wildman–Crippen MR) is 106 cm³/mol. The molecule has 0 saturated carbocycles. The summed E-state index contributed by atoms with van der Waals surface area (Å²) >= 11 is 5.85. The van der Waals surface area contributed by atoms with Gasteiger partial charge in [-0.15, -0.1) is 5.10 Å². The van der Waals surface area contributed by atoms with E-state index < -0.39 is 36.7 Å². The lowest BCUT2D eigenvalue weighted by molar-refractivity contribution is -0.153. The molecule has 4 rings (SSSR count). The highest BCUT2D eigenvalue weighted by Gasteiger charge is 2.32. The summed E-state index contributed by atoms with van der Waals surface area (Å²) < 4.78 is 62.1. The maximum atomic E-state index is 13.0. The van der Waals surface area contributed by atoms with E-state index in [0.717, 1.165) is 6.07 Å². The first kappa shape index (κ1) is 22.6. The number of hydrogen-bond acceptors (Lipinski definition) is 6. The van der Waals surface area contributed by atoms with Gasteiger partial charge < -0.3 is 14.4 Å². The summed E-state index contributed by atoms with van der Waals surface area (Å²) in [5.74, 6) is -1.01. The number of fused-ring (bicyclic) bond motifs is 1. The molecule has 1 saturated heterocycles. The number of nitrogens with one attached hydrogen (secondary N) is 1. The van der Waals surface area contributed by atoms with Gasteiger partial charge in [0, 0.05) is 22.8 Å². The highest BCUT2D eigenvalue weighted by Crippen LogP contribution is 2.30. The van der Waals surface area contributed by atoms with E-state index >= 15 is 0 Å². The Hall–Kier alpha value is -3.61. The van der Waals surface area contributed by atoms with Gasteiger partial charge in [-0.05, 0) is 24.3 Å². The zero-order valence-corrected chi connectivity index (χ0v) is 17.2. The Kier molecular flexibility index (Phi) is 5.97. The molecule has 14 heteroatoms. The van der Waals surface area contributed by atoms with Crippen molar-refractivity contribution in [3.8, 4) is 11.8 Å². The summed E-state index contributed by atoms with van der Waals surface area (Å²) in [5.41, 5.74) is 0.0698. The van der Waals surface area contributed by atoms with Crippen molar-refractivity contribution in [1.29, 1.82) is 0 Å². The average molecular weight is 488 g/mol. The monoisotopic (exact) mass is 487 g/mol. The highest BCUT2D eigenvalue weighted by atomic mass is 35.5. The minimum atomic E-state index is -4.67. The SMILES string of the molecule is O=C(Nc1ccc(C(=O)N2CC(F)C2)cc1OCC(F)(F)F)Oc1nc2cc(Cl)ccn2n1. The molecule has 1 N–H and O–H groups in total. The van der Waals surface area contributed by atoms with Crippen LogP contribution in [0.4, 0.5) is 28.0 Å². The second-order valence-corrected chi connectivity index (χ2v) is 7.42. The van der Waals surface area contributed by atoms with E-state index in [4.69, 9.17) is 21.1 Å². The Bertz CT molecular complexity index is 1210. The van der Waals surface area contributed by atoms with E-state index in [1.165, 1.54) is 39.9 Å². The summed E-state index contributed by atoms with van der Waals surface area (Å²) in [6.45, 7) is -1.89. The minimum absolute atomic E-state index is 0.0307. The number of hydrogen-bond donors (Lipinski definition) is 1. The van der Waals surface area contributed by atoms with Crippen molar-refractivity contribution in [2.75, 3.05) is 25.0 Å². The van der Waals surface area contributed by atoms with Crippen LogP contribution in [0.25, 0.3) is 5.65 Å². The molecule has 0 atom stereocenters. The number of alkyl halides is 4. The van der Waals surface area contributed by atoms with Crippen LogP contribution in [0.2, 0.25) is 5.02 Å². The van der Waals surface area contributed by atoms with Gasteiger partial charge in [-0.2, -0.15) is 18.2 Å². The molecule has 1 aromatic carbocycles. The van der Waals surface area contributed by atoms with E-state index in [2.05, 4.69) is 15.4 Å². The van der Waals surface area contributed by atoms with Gasteiger partial charge in [0.05, 0.1) is 18.8 Å². The van der Waals surface area contributed by atoms with E-state index in [1.54, 1.807) is 0 Å². The number of amides is 2. The van der Waals surface area contributed by atoms with Crippen LogP contribution >= 0.6 is 11.6 Å². The van der Waals surface area contributed by atoms with Crippen LogP contribution < -0.4 is 14.8 Å². The van der Waals surface area contributed by atoms with Gasteiger partial charge in [-0.25, -0.2) is 13.7 Å². The predicted octanol–water partition coefficient (Wildman–Crippen LogP) is 3.73. The number of carbonyl (C=O) groups excluding carboxylic acids is 2. The molecule has 3 heterocycles. The lowest BCUT2D eigenvalue weighted by Crippen LogP contribution is -2.51. The van der Waals surface area contributed by atoms with Gasteiger partial charge in [0.1, 0.15) is 11.9 Å². The molecule has 0 aliphatic carbocycles. The first-order chi connectivity index (χ1) is 15.6. The number of rotatable bonds is 5. The third-order valence-electron chi connectivity index (χ3n) is 4.44. The summed E-state index contributed by atoms with van der Waals surface area (Å²) in [5, 5.41) is 6.52. The standard InChI is InChI=1S/C19H14ClF4N5O4/c20-11-3-4-29-15(6-11)26-17(27-29)33-18(31)25-13-2-1-10(16(30)28-7-12(21)8-28)5-14(13)32-9-19(22,23)24/h1-6,12H,7-9H2,(H,25,31). The molecule has 0 spiro atoms. The molecular weight excluding hydrogens is 474 g/mol. The molecule has 2 aromatic heterocycles.